The van der Waals surface area contributed by atoms with Crippen molar-refractivity contribution in [1.29, 1.82) is 5.26 Å². The second kappa shape index (κ2) is 7.95. The minimum atomic E-state index is -0.761. The van der Waals surface area contributed by atoms with Gasteiger partial charge in [0.15, 0.2) is 0 Å². The second-order valence-electron chi connectivity index (χ2n) is 7.54. The molecule has 1 aromatic carbocycles. The number of nitrogens with zero attached hydrogens (tertiary/aromatic N) is 2. The van der Waals surface area contributed by atoms with E-state index >= 15 is 0 Å². The van der Waals surface area contributed by atoms with Crippen LogP contribution in [0.5, 0.6) is 0 Å². The number of hydrogen-bond acceptors (Lipinski definition) is 4. The van der Waals surface area contributed by atoms with Crippen LogP contribution in [0.2, 0.25) is 5.15 Å². The Bertz CT molecular complexity index is 1010. The summed E-state index contributed by atoms with van der Waals surface area (Å²) in [5.41, 5.74) is -0.390. The maximum atomic E-state index is 13.4. The second-order valence-corrected chi connectivity index (χ2v) is 7.90. The van der Waals surface area contributed by atoms with Gasteiger partial charge < -0.3 is 9.88 Å². The highest BCUT2D eigenvalue weighted by molar-refractivity contribution is 6.47. The van der Waals surface area contributed by atoms with Crippen LogP contribution in [0.3, 0.4) is 0 Å². The predicted molar refractivity (Wildman–Crippen MR) is 103 cm³/mol. The summed E-state index contributed by atoms with van der Waals surface area (Å²) in [5.74, 6) is -2.68. The van der Waals surface area contributed by atoms with Crippen molar-refractivity contribution in [2.75, 3.05) is 5.32 Å². The quantitative estimate of drug-likeness (QED) is 0.600. The van der Waals surface area contributed by atoms with Gasteiger partial charge in [-0.15, -0.1) is 0 Å². The van der Waals surface area contributed by atoms with Crippen LogP contribution in [0.25, 0.3) is 0 Å². The number of Topliss-reactive ketones (excluding diaryl/α,β-unsaturated/α-hetero) is 2. The summed E-state index contributed by atoms with van der Waals surface area (Å²) in [6.07, 6.45) is 0.0467. The normalized spacial score (nSPS) is 11.0. The van der Waals surface area contributed by atoms with Gasteiger partial charge in [0, 0.05) is 19.2 Å². The zero-order valence-corrected chi connectivity index (χ0v) is 16.6. The first-order valence-electron chi connectivity index (χ1n) is 8.38. The molecule has 0 saturated carbocycles. The fourth-order valence-electron chi connectivity index (χ4n) is 2.55. The van der Waals surface area contributed by atoms with Crippen molar-refractivity contribution in [3.63, 3.8) is 0 Å². The summed E-state index contributed by atoms with van der Waals surface area (Å²) in [5, 5.41) is 11.4. The molecule has 0 bridgehead atoms. The summed E-state index contributed by atoms with van der Waals surface area (Å²) in [4.78, 5) is 37.2. The van der Waals surface area contributed by atoms with Crippen molar-refractivity contribution in [3.8, 4) is 6.07 Å². The Morgan fingerprint density at radius 3 is 2.46 bits per heavy atom. The maximum Gasteiger partial charge on any atom is 0.272 e. The number of aromatic nitrogens is 1. The predicted octanol–water partition coefficient (Wildman–Crippen LogP) is 4.13. The zero-order chi connectivity index (χ0) is 21.2. The molecule has 0 fully saturated rings. The molecule has 2 aromatic rings. The Kier molecular flexibility index (Phi) is 6.05. The van der Waals surface area contributed by atoms with Crippen molar-refractivity contribution in [1.82, 2.24) is 4.57 Å². The van der Waals surface area contributed by atoms with Crippen molar-refractivity contribution < 1.29 is 18.8 Å². The molecule has 1 N–H and O–H groups in total. The van der Waals surface area contributed by atoms with Gasteiger partial charge in [0.1, 0.15) is 22.7 Å². The Balaban J connectivity index is 2.29. The van der Waals surface area contributed by atoms with Gasteiger partial charge in [-0.1, -0.05) is 32.4 Å². The van der Waals surface area contributed by atoms with Crippen LogP contribution in [0, 0.1) is 22.6 Å². The van der Waals surface area contributed by atoms with E-state index < -0.39 is 23.3 Å². The number of ketones is 2. The molecule has 8 heteroatoms. The average molecular weight is 404 g/mol. The number of nitriles is 1. The van der Waals surface area contributed by atoms with E-state index in [4.69, 9.17) is 16.9 Å². The molecule has 146 valence electrons. The van der Waals surface area contributed by atoms with Crippen molar-refractivity contribution in [2.24, 2.45) is 12.5 Å². The highest BCUT2D eigenvalue weighted by atomic mass is 35.5. The van der Waals surface area contributed by atoms with Crippen LogP contribution in [0.15, 0.2) is 24.3 Å². The Hall–Kier alpha value is -2.98. The fourth-order valence-corrected chi connectivity index (χ4v) is 2.78. The first-order valence-corrected chi connectivity index (χ1v) is 8.76. The minimum absolute atomic E-state index is 0.0331. The minimum Gasteiger partial charge on any atom is -0.330 e. The van der Waals surface area contributed by atoms with E-state index in [2.05, 4.69) is 5.32 Å². The third-order valence-corrected chi connectivity index (χ3v) is 4.38. The number of carbonyl (C=O) groups is 3. The molecule has 6 nitrogen and oxygen atoms in total. The standard InChI is InChI=1S/C20H19ClFN3O3/c1-20(2,3)9-16(26)17(27)13-8-15(25(4)18(13)21)19(28)24-12-5-6-14(22)11(7-12)10-23/h5-8H,9H2,1-4H3,(H,24,28). The number of carbonyl (C=O) groups excluding carboxylic acids is 3. The van der Waals surface area contributed by atoms with Crippen LogP contribution >= 0.6 is 11.6 Å². The number of rotatable bonds is 5. The molecule has 0 aliphatic rings. The Labute approximate surface area is 166 Å². The van der Waals surface area contributed by atoms with Gasteiger partial charge >= 0.3 is 0 Å². The fraction of sp³-hybridized carbons (Fsp3) is 0.300. The number of hydrogen-bond donors (Lipinski definition) is 1. The number of anilines is 1. The van der Waals surface area contributed by atoms with Crippen molar-refractivity contribution in [2.45, 2.75) is 27.2 Å². The van der Waals surface area contributed by atoms with Crippen LogP contribution in [-0.4, -0.2) is 22.0 Å². The highest BCUT2D eigenvalue weighted by Crippen LogP contribution is 2.25. The van der Waals surface area contributed by atoms with E-state index in [9.17, 15) is 18.8 Å². The van der Waals surface area contributed by atoms with Crippen LogP contribution < -0.4 is 5.32 Å². The summed E-state index contributed by atoms with van der Waals surface area (Å²) in [7, 11) is 1.48. The summed E-state index contributed by atoms with van der Waals surface area (Å²) in [6.45, 7) is 5.51. The van der Waals surface area contributed by atoms with Gasteiger partial charge in [0.05, 0.1) is 11.1 Å². The van der Waals surface area contributed by atoms with Gasteiger partial charge in [0.2, 0.25) is 11.6 Å². The largest absolute Gasteiger partial charge is 0.330 e. The van der Waals surface area contributed by atoms with E-state index in [1.54, 1.807) is 6.07 Å². The van der Waals surface area contributed by atoms with Crippen LogP contribution in [-0.2, 0) is 11.8 Å². The molecule has 0 unspecified atom stereocenters. The van der Waals surface area contributed by atoms with Gasteiger partial charge in [0.25, 0.3) is 5.91 Å². The molecule has 0 aliphatic heterocycles. The molecular weight excluding hydrogens is 385 g/mol. The first kappa shape index (κ1) is 21.3. The lowest BCUT2D eigenvalue weighted by Gasteiger charge is -2.15. The zero-order valence-electron chi connectivity index (χ0n) is 15.9. The topological polar surface area (TPSA) is 92.0 Å². The molecule has 0 radical (unpaired) electrons. The van der Waals surface area contributed by atoms with Gasteiger partial charge in [-0.2, -0.15) is 5.26 Å². The van der Waals surface area contributed by atoms with Gasteiger partial charge in [-0.25, -0.2) is 4.39 Å². The lowest BCUT2D eigenvalue weighted by molar-refractivity contribution is -0.116. The van der Waals surface area contributed by atoms with Crippen molar-refractivity contribution >= 4 is 34.8 Å². The molecular formula is C20H19ClFN3O3. The number of nitrogens with one attached hydrogen (secondary N) is 1. The molecule has 0 saturated heterocycles. The van der Waals surface area contributed by atoms with E-state index in [1.165, 1.54) is 29.8 Å². The average Bonchev–Trinajstić information content (AvgIpc) is 2.90. The highest BCUT2D eigenvalue weighted by Gasteiger charge is 2.28. The Morgan fingerprint density at radius 1 is 1.25 bits per heavy atom. The molecule has 2 rings (SSSR count). The van der Waals surface area contributed by atoms with E-state index in [1.807, 2.05) is 20.8 Å². The first-order chi connectivity index (χ1) is 12.9. The van der Waals surface area contributed by atoms with Gasteiger partial charge in [-0.05, 0) is 29.7 Å². The van der Waals surface area contributed by atoms with Gasteiger partial charge in [-0.3, -0.25) is 14.4 Å². The van der Waals surface area contributed by atoms with E-state index in [0.717, 1.165) is 6.07 Å². The van der Waals surface area contributed by atoms with Crippen LogP contribution in [0.1, 0.15) is 53.6 Å². The number of benzene rings is 1. The van der Waals surface area contributed by atoms with Crippen molar-refractivity contribution in [3.05, 3.63) is 52.1 Å². The van der Waals surface area contributed by atoms with Crippen LogP contribution in [0.4, 0.5) is 10.1 Å². The third kappa shape index (κ3) is 4.65. The number of halogens is 2. The molecule has 1 aromatic heterocycles. The Morgan fingerprint density at radius 2 is 1.89 bits per heavy atom. The lowest BCUT2D eigenvalue weighted by atomic mass is 9.88. The van der Waals surface area contributed by atoms with E-state index in [0.29, 0.717) is 0 Å². The third-order valence-electron chi connectivity index (χ3n) is 3.93. The molecule has 28 heavy (non-hydrogen) atoms. The monoisotopic (exact) mass is 403 g/mol. The SMILES string of the molecule is Cn1c(C(=O)Nc2ccc(F)c(C#N)c2)cc(C(=O)C(=O)CC(C)(C)C)c1Cl. The molecule has 1 amide bonds. The summed E-state index contributed by atoms with van der Waals surface area (Å²) < 4.78 is 14.7. The molecule has 0 spiro atoms. The lowest BCUT2D eigenvalue weighted by Crippen LogP contribution is -2.21. The molecule has 0 atom stereocenters. The van der Waals surface area contributed by atoms with E-state index in [-0.39, 0.29) is 39.5 Å². The maximum absolute atomic E-state index is 13.4. The summed E-state index contributed by atoms with van der Waals surface area (Å²) >= 11 is 6.16. The smallest absolute Gasteiger partial charge is 0.272 e. The molecule has 0 aliphatic carbocycles. The molecule has 1 heterocycles. The number of amides is 1. The summed E-state index contributed by atoms with van der Waals surface area (Å²) in [6, 6.07) is 6.49.